The first-order valence-electron chi connectivity index (χ1n) is 15.7. The highest BCUT2D eigenvalue weighted by molar-refractivity contribution is 6.42. The van der Waals surface area contributed by atoms with Gasteiger partial charge in [-0.05, 0) is 93.0 Å². The number of piperidine rings is 1. The van der Waals surface area contributed by atoms with Crippen LogP contribution in [0, 0.1) is 5.92 Å². The lowest BCUT2D eigenvalue weighted by Gasteiger charge is -2.33. The zero-order chi connectivity index (χ0) is 32.0. The van der Waals surface area contributed by atoms with Gasteiger partial charge in [0.25, 0.3) is 5.91 Å². The number of likely N-dealkylation sites (tertiary alicyclic amines) is 1. The lowest BCUT2D eigenvalue weighted by Crippen LogP contribution is -2.38. The molecule has 1 aliphatic heterocycles. The maximum absolute atomic E-state index is 13.9. The second kappa shape index (κ2) is 14.6. The first-order chi connectivity index (χ1) is 22.4. The van der Waals surface area contributed by atoms with Crippen LogP contribution < -0.4 is 0 Å². The van der Waals surface area contributed by atoms with E-state index in [1.807, 2.05) is 103 Å². The topological polar surface area (TPSA) is 71.3 Å². The second-order valence-electron chi connectivity index (χ2n) is 12.0. The molecule has 0 unspecified atom stereocenters. The monoisotopic (exact) mass is 653 g/mol. The Morgan fingerprint density at radius 3 is 2.39 bits per heavy atom. The summed E-state index contributed by atoms with van der Waals surface area (Å²) >= 11 is 12.7. The van der Waals surface area contributed by atoms with E-state index in [1.165, 1.54) is 0 Å². The third kappa shape index (κ3) is 7.33. The Morgan fingerprint density at radius 2 is 1.65 bits per heavy atom. The molecule has 3 aromatic carbocycles. The number of imidazole rings is 1. The van der Waals surface area contributed by atoms with Crippen molar-refractivity contribution in [3.63, 3.8) is 0 Å². The molecule has 3 heterocycles. The minimum absolute atomic E-state index is 0.0148. The van der Waals surface area contributed by atoms with Crippen molar-refractivity contribution in [3.05, 3.63) is 130 Å². The molecule has 1 atom stereocenters. The van der Waals surface area contributed by atoms with E-state index in [1.54, 1.807) is 11.1 Å². The van der Waals surface area contributed by atoms with Gasteiger partial charge in [-0.1, -0.05) is 65.7 Å². The predicted octanol–water partition coefficient (Wildman–Crippen LogP) is 7.63. The van der Waals surface area contributed by atoms with Gasteiger partial charge in [0, 0.05) is 37.2 Å². The van der Waals surface area contributed by atoms with Crippen molar-refractivity contribution in [2.45, 2.75) is 31.7 Å². The molecule has 7 nitrogen and oxygen atoms in total. The van der Waals surface area contributed by atoms with E-state index in [9.17, 15) is 9.59 Å². The smallest absolute Gasteiger partial charge is 0.253 e. The van der Waals surface area contributed by atoms with E-state index < -0.39 is 0 Å². The van der Waals surface area contributed by atoms with Crippen LogP contribution >= 0.6 is 23.2 Å². The summed E-state index contributed by atoms with van der Waals surface area (Å²) in [5, 5.41) is 1.02. The third-order valence-corrected chi connectivity index (χ3v) is 9.69. The number of rotatable bonds is 11. The van der Waals surface area contributed by atoms with Crippen LogP contribution in [0.3, 0.4) is 0 Å². The molecule has 0 radical (unpaired) electrons. The normalized spacial score (nSPS) is 14.8. The van der Waals surface area contributed by atoms with Crippen LogP contribution in [-0.2, 0) is 6.54 Å². The minimum atomic E-state index is -0.0870. The summed E-state index contributed by atoms with van der Waals surface area (Å²) in [5.41, 5.74) is 4.38. The second-order valence-corrected chi connectivity index (χ2v) is 12.8. The Labute approximate surface area is 279 Å². The van der Waals surface area contributed by atoms with Crippen LogP contribution in [0.5, 0.6) is 0 Å². The number of halogens is 2. The van der Waals surface area contributed by atoms with E-state index >= 15 is 0 Å². The van der Waals surface area contributed by atoms with Crippen LogP contribution in [0.15, 0.2) is 97.2 Å². The summed E-state index contributed by atoms with van der Waals surface area (Å²) < 4.78 is 2.02. The molecule has 9 heteroatoms. The van der Waals surface area contributed by atoms with Crippen LogP contribution in [0.1, 0.15) is 57.4 Å². The van der Waals surface area contributed by atoms with Gasteiger partial charge in [-0.2, -0.15) is 0 Å². The van der Waals surface area contributed by atoms with Crippen LogP contribution in [0.25, 0.3) is 11.0 Å². The number of amides is 1. The molecule has 6 rings (SSSR count). The van der Waals surface area contributed by atoms with E-state index in [4.69, 9.17) is 28.2 Å². The van der Waals surface area contributed by atoms with Gasteiger partial charge in [0.15, 0.2) is 5.82 Å². The molecule has 0 aliphatic carbocycles. The number of ketones is 1. The Morgan fingerprint density at radius 1 is 0.913 bits per heavy atom. The van der Waals surface area contributed by atoms with Crippen LogP contribution in [-0.4, -0.2) is 69.3 Å². The van der Waals surface area contributed by atoms with Gasteiger partial charge in [-0.3, -0.25) is 14.6 Å². The number of para-hydroxylation sites is 2. The molecule has 1 saturated heterocycles. The SMILES string of the molecule is CN(C[C@@H](CCN1CCC(C(=O)c2nc3ccccc3n2Cc2ccccn2)CC1)c1ccc(Cl)c(Cl)c1)C(=O)c1ccccc1. The molecule has 1 fully saturated rings. The molecule has 1 aliphatic rings. The van der Waals surface area contributed by atoms with Crippen molar-refractivity contribution in [2.24, 2.45) is 5.92 Å². The lowest BCUT2D eigenvalue weighted by molar-refractivity contribution is 0.0779. The zero-order valence-electron chi connectivity index (χ0n) is 25.9. The third-order valence-electron chi connectivity index (χ3n) is 8.95. The predicted molar refractivity (Wildman–Crippen MR) is 184 cm³/mol. The van der Waals surface area contributed by atoms with Gasteiger partial charge in [0.1, 0.15) is 0 Å². The number of aromatic nitrogens is 3. The first-order valence-corrected chi connectivity index (χ1v) is 16.5. The van der Waals surface area contributed by atoms with E-state index in [0.717, 1.165) is 61.2 Å². The molecular weight excluding hydrogens is 617 g/mol. The molecule has 0 bridgehead atoms. The average Bonchev–Trinajstić information content (AvgIpc) is 3.46. The highest BCUT2D eigenvalue weighted by Crippen LogP contribution is 2.30. The Kier molecular flexibility index (Phi) is 10.1. The Hall–Kier alpha value is -4.04. The summed E-state index contributed by atoms with van der Waals surface area (Å²) in [6.07, 6.45) is 4.16. The van der Waals surface area contributed by atoms with Gasteiger partial charge >= 0.3 is 0 Å². The summed E-state index contributed by atoms with van der Waals surface area (Å²) in [7, 11) is 1.85. The largest absolute Gasteiger partial charge is 0.341 e. The summed E-state index contributed by atoms with van der Waals surface area (Å²) in [6, 6.07) is 28.8. The highest BCUT2D eigenvalue weighted by atomic mass is 35.5. The van der Waals surface area contributed by atoms with E-state index in [-0.39, 0.29) is 23.5 Å². The zero-order valence-corrected chi connectivity index (χ0v) is 27.4. The molecular formula is C37H37Cl2N5O2. The quantitative estimate of drug-likeness (QED) is 0.137. The maximum Gasteiger partial charge on any atom is 0.253 e. The fourth-order valence-electron chi connectivity index (χ4n) is 6.36. The minimum Gasteiger partial charge on any atom is -0.341 e. The number of Topliss-reactive ketones (excluding diaryl/α,β-unsaturated/α-hetero) is 1. The van der Waals surface area contributed by atoms with Gasteiger partial charge < -0.3 is 14.4 Å². The van der Waals surface area contributed by atoms with Gasteiger partial charge in [0.2, 0.25) is 5.78 Å². The van der Waals surface area contributed by atoms with Crippen molar-refractivity contribution in [2.75, 3.05) is 33.2 Å². The van der Waals surface area contributed by atoms with Crippen LogP contribution in [0.4, 0.5) is 0 Å². The maximum atomic E-state index is 13.9. The molecule has 1 amide bonds. The van der Waals surface area contributed by atoms with Crippen molar-refractivity contribution >= 4 is 45.9 Å². The molecule has 0 saturated carbocycles. The average molecular weight is 655 g/mol. The molecule has 236 valence electrons. The number of pyridine rings is 1. The summed E-state index contributed by atoms with van der Waals surface area (Å²) in [6.45, 7) is 3.54. The number of likely N-dealkylation sites (N-methyl/N-ethyl adjacent to an activating group) is 1. The fourth-order valence-corrected chi connectivity index (χ4v) is 6.67. The summed E-state index contributed by atoms with van der Waals surface area (Å²) in [4.78, 5) is 40.6. The number of fused-ring (bicyclic) bond motifs is 1. The molecule has 5 aromatic rings. The number of hydrogen-bond acceptors (Lipinski definition) is 5. The highest BCUT2D eigenvalue weighted by Gasteiger charge is 2.30. The van der Waals surface area contributed by atoms with Gasteiger partial charge in [-0.25, -0.2) is 4.98 Å². The number of nitrogens with zero attached hydrogens (tertiary/aromatic N) is 5. The molecule has 0 N–H and O–H groups in total. The van der Waals surface area contributed by atoms with Gasteiger partial charge in [0.05, 0.1) is 33.3 Å². The standard InChI is InChI=1S/C37H37Cl2N5O2/c1-42(37(46)27-9-3-2-4-10-27)24-29(28-14-15-31(38)32(39)23-28)18-22-43-20-16-26(17-21-43)35(45)36-41-33-12-5-6-13-34(33)44(36)25-30-11-7-8-19-40-30/h2-15,19,23,26,29H,16-18,20-22,24-25H2,1H3/t29-/m1/s1. The fraction of sp³-hybridized carbons (Fsp3) is 0.297. The molecule has 0 spiro atoms. The van der Waals surface area contributed by atoms with Crippen molar-refractivity contribution in [3.8, 4) is 0 Å². The Balaban J connectivity index is 1.12. The van der Waals surface area contributed by atoms with Crippen molar-refractivity contribution < 1.29 is 9.59 Å². The van der Waals surface area contributed by atoms with Gasteiger partial charge in [-0.15, -0.1) is 0 Å². The summed E-state index contributed by atoms with van der Waals surface area (Å²) in [5.74, 6) is 0.575. The molecule has 46 heavy (non-hydrogen) atoms. The number of carbonyl (C=O) groups excluding carboxylic acids is 2. The van der Waals surface area contributed by atoms with Crippen LogP contribution in [0.2, 0.25) is 10.0 Å². The molecule has 2 aromatic heterocycles. The Bertz CT molecular complexity index is 1800. The van der Waals surface area contributed by atoms with Crippen molar-refractivity contribution in [1.82, 2.24) is 24.3 Å². The lowest BCUT2D eigenvalue weighted by atomic mass is 9.90. The number of hydrogen-bond donors (Lipinski definition) is 0. The number of carbonyl (C=O) groups is 2. The number of benzene rings is 3. The van der Waals surface area contributed by atoms with Crippen molar-refractivity contribution in [1.29, 1.82) is 0 Å². The van der Waals surface area contributed by atoms with E-state index in [2.05, 4.69) is 9.88 Å². The first kappa shape index (κ1) is 31.9. The van der Waals surface area contributed by atoms with E-state index in [0.29, 0.717) is 34.5 Å².